The molecule has 2 nitrogen and oxygen atoms in total. The average molecular weight is 305 g/mol. The standard InChI is InChI=1S/C9H8INOS/c1-9(10)4-2-3-7-6(5-9)8(12)11-13-7/h2-5H,1H3,(H,11,12). The monoisotopic (exact) mass is 305 g/mol. The molecule has 0 spiro atoms. The molecule has 13 heavy (non-hydrogen) atoms. The third-order valence-corrected chi connectivity index (χ3v) is 3.39. The lowest BCUT2D eigenvalue weighted by Gasteiger charge is -2.09. The Kier molecular flexibility index (Phi) is 2.19. The summed E-state index contributed by atoms with van der Waals surface area (Å²) in [5, 5.41) is 0.798. The van der Waals surface area contributed by atoms with E-state index in [9.17, 15) is 4.79 Å². The largest absolute Gasteiger partial charge is 0.277 e. The highest BCUT2D eigenvalue weighted by Gasteiger charge is 2.14. The first kappa shape index (κ1) is 9.21. The number of nitrogens with one attached hydrogen (secondary N) is 1. The molecule has 1 aliphatic rings. The lowest BCUT2D eigenvalue weighted by Crippen LogP contribution is -2.33. The molecule has 1 aliphatic carbocycles. The number of alkyl halides is 1. The van der Waals surface area contributed by atoms with Gasteiger partial charge in [-0.15, -0.1) is 0 Å². The predicted molar refractivity (Wildman–Crippen MR) is 64.7 cm³/mol. The molecular formula is C9H8INOS. The predicted octanol–water partition coefficient (Wildman–Crippen LogP) is 0.761. The Bertz CT molecular complexity index is 521. The molecule has 2 rings (SSSR count). The zero-order valence-electron chi connectivity index (χ0n) is 7.00. The molecule has 0 radical (unpaired) electrons. The van der Waals surface area contributed by atoms with Crippen molar-refractivity contribution in [3.63, 3.8) is 0 Å². The van der Waals surface area contributed by atoms with Crippen molar-refractivity contribution in [2.75, 3.05) is 0 Å². The number of hydrogen-bond donors (Lipinski definition) is 1. The van der Waals surface area contributed by atoms with Gasteiger partial charge in [-0.1, -0.05) is 52.4 Å². The summed E-state index contributed by atoms with van der Waals surface area (Å²) in [6.07, 6.45) is 8.05. The minimum Gasteiger partial charge on any atom is -0.277 e. The van der Waals surface area contributed by atoms with Crippen LogP contribution in [0.2, 0.25) is 0 Å². The van der Waals surface area contributed by atoms with Crippen molar-refractivity contribution in [1.82, 2.24) is 4.37 Å². The Morgan fingerprint density at radius 3 is 3.15 bits per heavy atom. The van der Waals surface area contributed by atoms with Gasteiger partial charge in [0.05, 0.1) is 13.2 Å². The van der Waals surface area contributed by atoms with Crippen LogP contribution >= 0.6 is 34.1 Å². The summed E-state index contributed by atoms with van der Waals surface area (Å²) in [5.74, 6) is 0. The van der Waals surface area contributed by atoms with Gasteiger partial charge in [-0.25, -0.2) is 0 Å². The Balaban J connectivity index is 2.89. The van der Waals surface area contributed by atoms with Gasteiger partial charge < -0.3 is 0 Å². The van der Waals surface area contributed by atoms with E-state index in [1.54, 1.807) is 0 Å². The van der Waals surface area contributed by atoms with Gasteiger partial charge in [0, 0.05) is 0 Å². The van der Waals surface area contributed by atoms with Crippen LogP contribution in [0.25, 0.3) is 12.2 Å². The number of fused-ring (bicyclic) bond motifs is 1. The van der Waals surface area contributed by atoms with Crippen LogP contribution in [0.3, 0.4) is 0 Å². The van der Waals surface area contributed by atoms with Crippen LogP contribution in [0.15, 0.2) is 16.9 Å². The fourth-order valence-corrected chi connectivity index (χ4v) is 2.48. The summed E-state index contributed by atoms with van der Waals surface area (Å²) < 4.78 is 3.68. The van der Waals surface area contributed by atoms with Crippen LogP contribution in [0.5, 0.6) is 0 Å². The third-order valence-electron chi connectivity index (χ3n) is 1.86. The second-order valence-electron chi connectivity index (χ2n) is 3.13. The third kappa shape index (κ3) is 1.78. The zero-order valence-corrected chi connectivity index (χ0v) is 9.98. The molecule has 1 atom stereocenters. The Labute approximate surface area is 93.0 Å². The lowest BCUT2D eigenvalue weighted by atomic mass is 10.1. The van der Waals surface area contributed by atoms with E-state index in [2.05, 4.69) is 40.0 Å². The maximum absolute atomic E-state index is 11.4. The molecule has 1 aromatic rings. The Morgan fingerprint density at radius 2 is 2.38 bits per heavy atom. The fraction of sp³-hybridized carbons (Fsp3) is 0.222. The van der Waals surface area contributed by atoms with Crippen LogP contribution < -0.4 is 15.3 Å². The normalized spacial score (nSPS) is 25.7. The first-order chi connectivity index (χ1) is 6.08. The van der Waals surface area contributed by atoms with Crippen molar-refractivity contribution in [2.45, 2.75) is 10.3 Å². The summed E-state index contributed by atoms with van der Waals surface area (Å²) in [6, 6.07) is 0. The van der Waals surface area contributed by atoms with Crippen LogP contribution in [0, 0.1) is 0 Å². The van der Waals surface area contributed by atoms with Gasteiger partial charge in [0.15, 0.2) is 0 Å². The molecule has 68 valence electrons. The van der Waals surface area contributed by atoms with Gasteiger partial charge in [0.1, 0.15) is 0 Å². The van der Waals surface area contributed by atoms with Crippen LogP contribution in [0.1, 0.15) is 6.92 Å². The van der Waals surface area contributed by atoms with E-state index in [4.69, 9.17) is 0 Å². The molecule has 1 N–H and O–H groups in total. The van der Waals surface area contributed by atoms with E-state index >= 15 is 0 Å². The summed E-state index contributed by atoms with van der Waals surface area (Å²) in [4.78, 5) is 11.4. The van der Waals surface area contributed by atoms with Gasteiger partial charge in [0.2, 0.25) is 0 Å². The molecular weight excluding hydrogens is 297 g/mol. The van der Waals surface area contributed by atoms with E-state index in [0.717, 1.165) is 9.75 Å². The van der Waals surface area contributed by atoms with E-state index in [-0.39, 0.29) is 8.98 Å². The van der Waals surface area contributed by atoms with Crippen molar-refractivity contribution in [3.8, 4) is 0 Å². The summed E-state index contributed by atoms with van der Waals surface area (Å²) in [6.45, 7) is 2.07. The first-order valence-electron chi connectivity index (χ1n) is 3.87. The van der Waals surface area contributed by atoms with Gasteiger partial charge in [0.25, 0.3) is 5.56 Å². The smallest absolute Gasteiger partial charge is 0.265 e. The summed E-state index contributed by atoms with van der Waals surface area (Å²) >= 11 is 3.70. The minimum absolute atomic E-state index is 0.0165. The fourth-order valence-electron chi connectivity index (χ4n) is 1.24. The van der Waals surface area contributed by atoms with Crippen molar-refractivity contribution >= 4 is 46.3 Å². The molecule has 0 aromatic carbocycles. The van der Waals surface area contributed by atoms with Crippen LogP contribution in [-0.4, -0.2) is 7.80 Å². The summed E-state index contributed by atoms with van der Waals surface area (Å²) in [5.41, 5.74) is 0.0165. The Hall–Kier alpha value is -0.360. The van der Waals surface area contributed by atoms with Crippen molar-refractivity contribution in [3.05, 3.63) is 32.3 Å². The highest BCUT2D eigenvalue weighted by molar-refractivity contribution is 14.1. The van der Waals surface area contributed by atoms with Crippen LogP contribution in [-0.2, 0) is 0 Å². The van der Waals surface area contributed by atoms with Gasteiger partial charge in [-0.05, 0) is 13.0 Å². The topological polar surface area (TPSA) is 32.9 Å². The maximum atomic E-state index is 11.4. The molecule has 0 amide bonds. The van der Waals surface area contributed by atoms with Crippen molar-refractivity contribution < 1.29 is 0 Å². The van der Waals surface area contributed by atoms with E-state index < -0.39 is 0 Å². The number of aromatic nitrogens is 1. The van der Waals surface area contributed by atoms with Crippen LogP contribution in [0.4, 0.5) is 0 Å². The van der Waals surface area contributed by atoms with Crippen molar-refractivity contribution in [1.29, 1.82) is 0 Å². The highest BCUT2D eigenvalue weighted by Crippen LogP contribution is 2.21. The maximum Gasteiger partial charge on any atom is 0.265 e. The van der Waals surface area contributed by atoms with Gasteiger partial charge >= 0.3 is 0 Å². The quantitative estimate of drug-likeness (QED) is 0.557. The van der Waals surface area contributed by atoms with Crippen molar-refractivity contribution in [2.24, 2.45) is 0 Å². The highest BCUT2D eigenvalue weighted by atomic mass is 127. The molecule has 0 fully saturated rings. The molecule has 1 heterocycles. The van der Waals surface area contributed by atoms with E-state index in [1.165, 1.54) is 11.5 Å². The number of rotatable bonds is 0. The molecule has 1 aromatic heterocycles. The molecule has 0 saturated carbocycles. The molecule has 0 bridgehead atoms. The molecule has 0 saturated heterocycles. The zero-order chi connectivity index (χ0) is 9.47. The van der Waals surface area contributed by atoms with Gasteiger partial charge in [-0.2, -0.15) is 0 Å². The van der Waals surface area contributed by atoms with E-state index in [0.29, 0.717) is 0 Å². The van der Waals surface area contributed by atoms with E-state index in [1.807, 2.05) is 18.2 Å². The molecule has 0 aliphatic heterocycles. The SMILES string of the molecule is CC1(I)C=CC=c2s[nH]c(=O)c2=C1. The number of hydrogen-bond acceptors (Lipinski definition) is 2. The average Bonchev–Trinajstić information content (AvgIpc) is 2.31. The summed E-state index contributed by atoms with van der Waals surface area (Å²) in [7, 11) is 0. The molecule has 4 heteroatoms. The number of allylic oxidation sites excluding steroid dienone is 2. The second kappa shape index (κ2) is 3.09. The second-order valence-corrected chi connectivity index (χ2v) is 6.30. The first-order valence-corrected chi connectivity index (χ1v) is 5.77. The molecule has 1 unspecified atom stereocenters. The van der Waals surface area contributed by atoms with Gasteiger partial charge in [-0.3, -0.25) is 9.17 Å². The number of H-pyrrole nitrogens is 1. The minimum atomic E-state index is -0.0619. The lowest BCUT2D eigenvalue weighted by molar-refractivity contribution is 1.11. The number of aromatic amines is 1. The Morgan fingerprint density at radius 1 is 1.62 bits per heavy atom. The number of halogens is 1.